The van der Waals surface area contributed by atoms with E-state index in [2.05, 4.69) is 0 Å². The first-order valence-corrected chi connectivity index (χ1v) is 9.87. The number of allylic oxidation sites excluding steroid dienone is 1. The van der Waals surface area contributed by atoms with E-state index in [1.165, 1.54) is 17.8 Å². The van der Waals surface area contributed by atoms with Gasteiger partial charge in [-0.3, -0.25) is 9.69 Å². The number of benzene rings is 2. The zero-order valence-corrected chi connectivity index (χ0v) is 16.3. The smallest absolute Gasteiger partial charge is 0.414 e. The number of ether oxygens (including phenoxy) is 1. The Labute approximate surface area is 164 Å². The quantitative estimate of drug-likeness (QED) is 0.738. The average molecular weight is 381 g/mol. The van der Waals surface area contributed by atoms with Crippen LogP contribution in [0.3, 0.4) is 0 Å². The van der Waals surface area contributed by atoms with Crippen LogP contribution in [0.2, 0.25) is 0 Å². The molecular formula is C22H23NO3S. The van der Waals surface area contributed by atoms with Gasteiger partial charge in [-0.2, -0.15) is 0 Å². The van der Waals surface area contributed by atoms with Gasteiger partial charge in [0.05, 0.1) is 11.3 Å². The van der Waals surface area contributed by atoms with E-state index in [1.807, 2.05) is 74.5 Å². The minimum atomic E-state index is -0.431. The zero-order valence-electron chi connectivity index (χ0n) is 15.4. The third-order valence-corrected chi connectivity index (χ3v) is 5.73. The summed E-state index contributed by atoms with van der Waals surface area (Å²) in [6.45, 7) is 4.25. The lowest BCUT2D eigenvalue weighted by atomic mass is 9.94. The number of carbonyl (C=O) groups is 2. The average Bonchev–Trinajstić information content (AvgIpc) is 2.69. The van der Waals surface area contributed by atoms with Crippen molar-refractivity contribution >= 4 is 23.6 Å². The minimum Gasteiger partial charge on any atom is -0.444 e. The summed E-state index contributed by atoms with van der Waals surface area (Å²) in [5, 5.41) is -0.360. The predicted octanol–water partition coefficient (Wildman–Crippen LogP) is 4.91. The van der Waals surface area contributed by atoms with Crippen molar-refractivity contribution < 1.29 is 14.3 Å². The molecule has 2 atom stereocenters. The predicted molar refractivity (Wildman–Crippen MR) is 107 cm³/mol. The van der Waals surface area contributed by atoms with Gasteiger partial charge in [-0.25, -0.2) is 4.79 Å². The Hall–Kier alpha value is -2.53. The molecule has 3 rings (SSSR count). The van der Waals surface area contributed by atoms with E-state index in [4.69, 9.17) is 4.74 Å². The molecule has 0 fully saturated rings. The van der Waals surface area contributed by atoms with Crippen LogP contribution in [-0.4, -0.2) is 28.1 Å². The van der Waals surface area contributed by atoms with Gasteiger partial charge in [-0.05, 0) is 29.7 Å². The van der Waals surface area contributed by atoms with Gasteiger partial charge in [0, 0.05) is 11.1 Å². The Morgan fingerprint density at radius 3 is 2.33 bits per heavy atom. The summed E-state index contributed by atoms with van der Waals surface area (Å²) >= 11 is 1.49. The van der Waals surface area contributed by atoms with E-state index in [0.717, 1.165) is 10.5 Å². The molecule has 27 heavy (non-hydrogen) atoms. The van der Waals surface area contributed by atoms with Gasteiger partial charge < -0.3 is 4.74 Å². The molecule has 0 N–H and O–H groups in total. The summed E-state index contributed by atoms with van der Waals surface area (Å²) in [5.74, 6) is 0.124. The number of amides is 1. The van der Waals surface area contributed by atoms with Gasteiger partial charge in [0.1, 0.15) is 6.61 Å². The van der Waals surface area contributed by atoms with Crippen molar-refractivity contribution in [3.63, 3.8) is 0 Å². The molecule has 0 aliphatic carbocycles. The van der Waals surface area contributed by atoms with Crippen LogP contribution in [0.5, 0.6) is 0 Å². The lowest BCUT2D eigenvalue weighted by Crippen LogP contribution is -2.51. The first kappa shape index (κ1) is 19.2. The van der Waals surface area contributed by atoms with E-state index in [-0.39, 0.29) is 29.6 Å². The highest BCUT2D eigenvalue weighted by Gasteiger charge is 2.40. The highest BCUT2D eigenvalue weighted by Crippen LogP contribution is 2.34. The highest BCUT2D eigenvalue weighted by molar-refractivity contribution is 8.00. The number of thioether (sulfide) groups is 1. The maximum atomic E-state index is 12.7. The molecule has 1 heterocycles. The summed E-state index contributed by atoms with van der Waals surface area (Å²) in [7, 11) is 0. The van der Waals surface area contributed by atoms with E-state index in [0.29, 0.717) is 0 Å². The van der Waals surface area contributed by atoms with Crippen LogP contribution in [0.1, 0.15) is 19.4 Å². The molecule has 0 bridgehead atoms. The van der Waals surface area contributed by atoms with Crippen molar-refractivity contribution in [2.75, 3.05) is 0 Å². The largest absolute Gasteiger partial charge is 0.444 e. The van der Waals surface area contributed by atoms with Gasteiger partial charge in [0.2, 0.25) is 0 Å². The molecule has 0 unspecified atom stereocenters. The summed E-state index contributed by atoms with van der Waals surface area (Å²) in [4.78, 5) is 27.9. The molecule has 5 heteroatoms. The highest BCUT2D eigenvalue weighted by atomic mass is 32.2. The zero-order chi connectivity index (χ0) is 19.2. The Balaban J connectivity index is 1.76. The Morgan fingerprint density at radius 2 is 1.70 bits per heavy atom. The fourth-order valence-electron chi connectivity index (χ4n) is 3.08. The van der Waals surface area contributed by atoms with Crippen LogP contribution in [0.25, 0.3) is 0 Å². The number of hydrogen-bond acceptors (Lipinski definition) is 4. The topological polar surface area (TPSA) is 46.6 Å². The van der Waals surface area contributed by atoms with Gasteiger partial charge >= 0.3 is 6.09 Å². The Kier molecular flexibility index (Phi) is 6.35. The van der Waals surface area contributed by atoms with Crippen LogP contribution >= 0.6 is 11.8 Å². The molecule has 4 nitrogen and oxygen atoms in total. The SMILES string of the molecule is CC(C)[C@H]1[C@H](Sc2ccccc2)C(=O)C=CN1C(=O)OCc1ccccc1. The third kappa shape index (κ3) is 4.80. The summed E-state index contributed by atoms with van der Waals surface area (Å²) in [6.07, 6.45) is 2.60. The van der Waals surface area contributed by atoms with Crippen LogP contribution in [-0.2, 0) is 16.1 Å². The second-order valence-electron chi connectivity index (χ2n) is 6.75. The molecule has 0 aromatic heterocycles. The molecule has 0 saturated heterocycles. The normalized spacial score (nSPS) is 19.4. The number of hydrogen-bond donors (Lipinski definition) is 0. The van der Waals surface area contributed by atoms with Gasteiger partial charge in [-0.1, -0.05) is 62.4 Å². The number of nitrogens with zero attached hydrogens (tertiary/aromatic N) is 1. The van der Waals surface area contributed by atoms with Gasteiger partial charge in [-0.15, -0.1) is 11.8 Å². The van der Waals surface area contributed by atoms with E-state index < -0.39 is 6.09 Å². The van der Waals surface area contributed by atoms with Crippen LogP contribution in [0, 0.1) is 5.92 Å². The third-order valence-electron chi connectivity index (χ3n) is 4.42. The van der Waals surface area contributed by atoms with Gasteiger partial charge in [0.15, 0.2) is 5.78 Å². The van der Waals surface area contributed by atoms with Crippen molar-refractivity contribution in [2.24, 2.45) is 5.92 Å². The van der Waals surface area contributed by atoms with Crippen LogP contribution in [0.15, 0.2) is 77.8 Å². The van der Waals surface area contributed by atoms with Crippen LogP contribution < -0.4 is 0 Å². The van der Waals surface area contributed by atoms with Gasteiger partial charge in [0.25, 0.3) is 0 Å². The molecular weight excluding hydrogens is 358 g/mol. The monoisotopic (exact) mass is 381 g/mol. The van der Waals surface area contributed by atoms with E-state index >= 15 is 0 Å². The number of carbonyl (C=O) groups excluding carboxylic acids is 2. The second kappa shape index (κ2) is 8.91. The maximum Gasteiger partial charge on any atom is 0.414 e. The number of rotatable bonds is 5. The number of ketones is 1. The molecule has 1 amide bonds. The van der Waals surface area contributed by atoms with Crippen molar-refractivity contribution in [1.29, 1.82) is 0 Å². The molecule has 0 spiro atoms. The molecule has 0 saturated carbocycles. The van der Waals surface area contributed by atoms with Crippen molar-refractivity contribution in [3.8, 4) is 0 Å². The molecule has 1 aliphatic heterocycles. The van der Waals surface area contributed by atoms with Crippen LogP contribution in [0.4, 0.5) is 4.79 Å². The summed E-state index contributed by atoms with van der Waals surface area (Å²) < 4.78 is 5.50. The molecule has 140 valence electrons. The first-order chi connectivity index (χ1) is 13.1. The van der Waals surface area contributed by atoms with Crippen molar-refractivity contribution in [2.45, 2.75) is 36.6 Å². The summed E-state index contributed by atoms with van der Waals surface area (Å²) in [6, 6.07) is 19.1. The second-order valence-corrected chi connectivity index (χ2v) is 7.97. The molecule has 1 aliphatic rings. The molecule has 2 aromatic carbocycles. The lowest BCUT2D eigenvalue weighted by molar-refractivity contribution is -0.116. The van der Waals surface area contributed by atoms with Crippen molar-refractivity contribution in [3.05, 3.63) is 78.5 Å². The van der Waals surface area contributed by atoms with Crippen molar-refractivity contribution in [1.82, 2.24) is 4.90 Å². The Bertz CT molecular complexity index is 805. The maximum absolute atomic E-state index is 12.7. The Morgan fingerprint density at radius 1 is 1.07 bits per heavy atom. The molecule has 0 radical (unpaired) electrons. The molecule has 2 aromatic rings. The fraction of sp³-hybridized carbons (Fsp3) is 0.273. The summed E-state index contributed by atoms with van der Waals surface area (Å²) in [5.41, 5.74) is 0.930. The standard InChI is InChI=1S/C22H23NO3S/c1-16(2)20-21(27-18-11-7-4-8-12-18)19(24)13-14-23(20)22(25)26-15-17-9-5-3-6-10-17/h3-14,16,20-21H,15H2,1-2H3/t20-,21+/m0/s1. The fourth-order valence-corrected chi connectivity index (χ4v) is 4.47. The first-order valence-electron chi connectivity index (χ1n) is 8.99. The minimum absolute atomic E-state index is 0.0228. The van der Waals surface area contributed by atoms with E-state index in [1.54, 1.807) is 11.1 Å². The lowest BCUT2D eigenvalue weighted by Gasteiger charge is -2.38. The van der Waals surface area contributed by atoms with E-state index in [9.17, 15) is 9.59 Å².